The molecule has 0 aromatic heterocycles. The van der Waals surface area contributed by atoms with E-state index in [9.17, 15) is 0 Å². The molecule has 0 unspecified atom stereocenters. The normalized spacial score (nSPS) is 0. The van der Waals surface area contributed by atoms with E-state index in [0.29, 0.717) is 0 Å². The minimum Gasteiger partial charge on any atom is -2.00 e. The molecule has 4 heteroatoms. The van der Waals surface area contributed by atoms with Crippen molar-refractivity contribution in [3.05, 3.63) is 0 Å². The summed E-state index contributed by atoms with van der Waals surface area (Å²) in [7, 11) is 0. The molecule has 0 spiro atoms. The summed E-state index contributed by atoms with van der Waals surface area (Å²) in [5, 5.41) is 0. The second-order valence-electron chi connectivity index (χ2n) is 0. The molecule has 0 saturated heterocycles. The molecule has 3 radical (unpaired) electrons. The van der Waals surface area contributed by atoms with Crippen molar-refractivity contribution >= 4 is 0 Å². The smallest absolute Gasteiger partial charge is 2.00 e. The van der Waals surface area contributed by atoms with Crippen LogP contribution >= 0.6 is 0 Å². The zero-order chi connectivity index (χ0) is 0. The van der Waals surface area contributed by atoms with Gasteiger partial charge in [0.15, 0.2) is 0 Å². The molecule has 4 heavy (non-hydrogen) atoms. The van der Waals surface area contributed by atoms with Crippen molar-refractivity contribution in [3.8, 4) is 0 Å². The van der Waals surface area contributed by atoms with Gasteiger partial charge in [-0.3, -0.25) is 0 Å². The molecule has 0 aliphatic carbocycles. The average molecular weight is 436 g/mol. The third-order valence-electron chi connectivity index (χ3n) is 0. The van der Waals surface area contributed by atoms with E-state index in [-0.39, 0.29) is 131 Å². The van der Waals surface area contributed by atoms with Crippen LogP contribution in [-0.2, 0) is 5.48 Å². The van der Waals surface area contributed by atoms with E-state index < -0.39 is 0 Å². The Labute approximate surface area is 126 Å². The predicted octanol–water partition coefficient (Wildman–Crippen LogP) is -0.119. The fraction of sp³-hybridized carbons (Fsp3) is 0. The topological polar surface area (TPSA) is 28.5 Å². The second kappa shape index (κ2) is 15.7. The van der Waals surface area contributed by atoms with Crippen LogP contribution in [0.25, 0.3) is 0 Å². The van der Waals surface area contributed by atoms with Crippen LogP contribution in [0, 0.1) is 125 Å². The van der Waals surface area contributed by atoms with Crippen molar-refractivity contribution in [2.24, 2.45) is 0 Å². The van der Waals surface area contributed by atoms with Crippen molar-refractivity contribution in [1.29, 1.82) is 0 Å². The molecular formula is Ce3O+7. The zero-order valence-corrected chi connectivity index (χ0v) is 11.3. The maximum absolute atomic E-state index is 0. The van der Waals surface area contributed by atoms with Crippen molar-refractivity contribution in [2.45, 2.75) is 0 Å². The molecule has 0 aromatic rings. The molecule has 0 heterocycles. The third-order valence-corrected chi connectivity index (χ3v) is 0. The summed E-state index contributed by atoms with van der Waals surface area (Å²) in [4.78, 5) is 0. The predicted molar refractivity (Wildman–Crippen MR) is 0.686 cm³/mol. The van der Waals surface area contributed by atoms with E-state index >= 15 is 0 Å². The molecule has 0 fully saturated rings. The molecule has 0 saturated carbocycles. The Morgan fingerprint density at radius 2 is 0.500 bits per heavy atom. The van der Waals surface area contributed by atoms with Gasteiger partial charge < -0.3 is 5.48 Å². The van der Waals surface area contributed by atoms with E-state index in [1.165, 1.54) is 0 Å². The first-order chi connectivity index (χ1) is 0. The maximum Gasteiger partial charge on any atom is 3.00 e. The zero-order valence-electron chi connectivity index (χ0n) is 1.91. The number of rotatable bonds is 0. The summed E-state index contributed by atoms with van der Waals surface area (Å²) < 4.78 is 0. The van der Waals surface area contributed by atoms with Crippen LogP contribution in [0.5, 0.6) is 0 Å². The van der Waals surface area contributed by atoms with Crippen LogP contribution in [0.4, 0.5) is 0 Å². The Hall–Kier alpha value is 4.09. The second-order valence-corrected chi connectivity index (χ2v) is 0. The van der Waals surface area contributed by atoms with Gasteiger partial charge in [-0.25, -0.2) is 0 Å². The Bertz CT molecular complexity index is 3.25. The summed E-state index contributed by atoms with van der Waals surface area (Å²) in [6.07, 6.45) is 0. The van der Waals surface area contributed by atoms with Crippen LogP contribution in [0.2, 0.25) is 0 Å². The summed E-state index contributed by atoms with van der Waals surface area (Å²) >= 11 is 0. The van der Waals surface area contributed by atoms with Gasteiger partial charge in [0, 0.05) is 0 Å². The Kier molecular flexibility index (Phi) is 95.5. The van der Waals surface area contributed by atoms with E-state index in [1.807, 2.05) is 0 Å². The van der Waals surface area contributed by atoms with E-state index in [2.05, 4.69) is 0 Å². The fourth-order valence-corrected chi connectivity index (χ4v) is 0. The van der Waals surface area contributed by atoms with Gasteiger partial charge >= 0.3 is 125 Å². The van der Waals surface area contributed by atoms with Crippen molar-refractivity contribution in [1.82, 2.24) is 0 Å². The largest absolute Gasteiger partial charge is 3.00 e. The Morgan fingerprint density at radius 3 is 0.500 bits per heavy atom. The quantitative estimate of drug-likeness (QED) is 0.507. The van der Waals surface area contributed by atoms with Crippen molar-refractivity contribution in [3.63, 3.8) is 0 Å². The minimum atomic E-state index is 0. The molecule has 11 valence electrons. The summed E-state index contributed by atoms with van der Waals surface area (Å²) in [6.45, 7) is 0. The summed E-state index contributed by atoms with van der Waals surface area (Å²) in [5.74, 6) is 0. The van der Waals surface area contributed by atoms with Gasteiger partial charge in [-0.15, -0.1) is 0 Å². The Balaban J connectivity index is 0. The first-order valence-corrected chi connectivity index (χ1v) is 0. The molecule has 0 amide bonds. The van der Waals surface area contributed by atoms with Crippen molar-refractivity contribution in [2.75, 3.05) is 0 Å². The molecule has 0 aliphatic rings. The van der Waals surface area contributed by atoms with Gasteiger partial charge in [0.05, 0.1) is 0 Å². The van der Waals surface area contributed by atoms with Gasteiger partial charge in [0.2, 0.25) is 0 Å². The molecule has 1 nitrogen and oxygen atoms in total. The monoisotopic (exact) mass is 436 g/mol. The van der Waals surface area contributed by atoms with Gasteiger partial charge in [-0.05, 0) is 0 Å². The number of hydrogen-bond acceptors (Lipinski definition) is 0. The molecule has 0 bridgehead atoms. The minimum absolute atomic E-state index is 0. The van der Waals surface area contributed by atoms with Gasteiger partial charge in [-0.2, -0.15) is 0 Å². The fourth-order valence-electron chi connectivity index (χ4n) is 0. The van der Waals surface area contributed by atoms with Crippen molar-refractivity contribution < 1.29 is 131 Å². The molecule has 0 N–H and O–H groups in total. The summed E-state index contributed by atoms with van der Waals surface area (Å²) in [5.41, 5.74) is 0. The SMILES string of the molecule is [Ce+3].[Ce+3].[Ce+3].[O-2]. The molecule has 0 atom stereocenters. The van der Waals surface area contributed by atoms with Gasteiger partial charge in [0.25, 0.3) is 0 Å². The Morgan fingerprint density at radius 1 is 0.500 bits per heavy atom. The molecule has 0 aliphatic heterocycles. The average Bonchev–Trinajstić information content (AvgIpc) is 0. The van der Waals surface area contributed by atoms with Crippen LogP contribution < -0.4 is 0 Å². The summed E-state index contributed by atoms with van der Waals surface area (Å²) in [6, 6.07) is 0. The molecular weight excluding hydrogens is 436 g/mol. The van der Waals surface area contributed by atoms with E-state index in [0.717, 1.165) is 0 Å². The van der Waals surface area contributed by atoms with Crippen LogP contribution in [0.3, 0.4) is 0 Å². The van der Waals surface area contributed by atoms with Gasteiger partial charge in [0.1, 0.15) is 0 Å². The molecule has 0 aromatic carbocycles. The first-order valence-electron chi connectivity index (χ1n) is 0. The van der Waals surface area contributed by atoms with Crippen LogP contribution in [0.15, 0.2) is 0 Å². The van der Waals surface area contributed by atoms with E-state index in [4.69, 9.17) is 0 Å². The van der Waals surface area contributed by atoms with Gasteiger partial charge in [-0.1, -0.05) is 0 Å². The molecule has 0 rings (SSSR count). The van der Waals surface area contributed by atoms with Crippen LogP contribution in [-0.4, -0.2) is 0 Å². The van der Waals surface area contributed by atoms with Crippen LogP contribution in [0.1, 0.15) is 0 Å². The third kappa shape index (κ3) is 9.43. The number of hydrogen-bond donors (Lipinski definition) is 0. The van der Waals surface area contributed by atoms with E-state index in [1.54, 1.807) is 0 Å². The standard InChI is InChI=1S/3Ce.O/q3*+3;-2. The maximum atomic E-state index is 0. The first kappa shape index (κ1) is 24.3.